The third-order valence-electron chi connectivity index (χ3n) is 4.81. The van der Waals surface area contributed by atoms with Crippen LogP contribution >= 0.6 is 0 Å². The van der Waals surface area contributed by atoms with Gasteiger partial charge in [0.05, 0.1) is 27.2 Å². The van der Waals surface area contributed by atoms with Gasteiger partial charge in [-0.05, 0) is 37.0 Å². The molecule has 1 aromatic rings. The molecule has 1 fully saturated rings. The molecule has 2 unspecified atom stereocenters. The van der Waals surface area contributed by atoms with E-state index in [0.717, 1.165) is 31.2 Å². The van der Waals surface area contributed by atoms with Crippen LogP contribution in [0.25, 0.3) is 6.08 Å². The Morgan fingerprint density at radius 3 is 2.62 bits per heavy atom. The fourth-order valence-corrected chi connectivity index (χ4v) is 3.33. The SMILES string of the molecule is COC(=O)C1CCCCC1CNC(=O)/C=C/c1ccc(OC)cc1OC. The molecule has 142 valence electrons. The van der Waals surface area contributed by atoms with E-state index in [2.05, 4.69) is 5.32 Å². The summed E-state index contributed by atoms with van der Waals surface area (Å²) in [6, 6.07) is 5.40. The van der Waals surface area contributed by atoms with Crippen LogP contribution in [0, 0.1) is 11.8 Å². The van der Waals surface area contributed by atoms with Crippen molar-refractivity contribution in [1.82, 2.24) is 5.32 Å². The van der Waals surface area contributed by atoms with E-state index in [-0.39, 0.29) is 23.7 Å². The van der Waals surface area contributed by atoms with Gasteiger partial charge in [0.15, 0.2) is 0 Å². The molecule has 1 aromatic carbocycles. The molecule has 0 saturated heterocycles. The van der Waals surface area contributed by atoms with Crippen molar-refractivity contribution < 1.29 is 23.8 Å². The normalized spacial score (nSPS) is 19.8. The quantitative estimate of drug-likeness (QED) is 0.597. The third kappa shape index (κ3) is 5.25. The van der Waals surface area contributed by atoms with E-state index in [1.165, 1.54) is 13.2 Å². The molecule has 0 bridgehead atoms. The number of esters is 1. The lowest BCUT2D eigenvalue weighted by Crippen LogP contribution is -2.37. The average Bonchev–Trinajstić information content (AvgIpc) is 2.70. The average molecular weight is 361 g/mol. The van der Waals surface area contributed by atoms with Gasteiger partial charge in [-0.25, -0.2) is 0 Å². The Morgan fingerprint density at radius 2 is 1.92 bits per heavy atom. The highest BCUT2D eigenvalue weighted by molar-refractivity contribution is 5.92. The zero-order valence-corrected chi connectivity index (χ0v) is 15.6. The van der Waals surface area contributed by atoms with Crippen LogP contribution in [0.2, 0.25) is 0 Å². The highest BCUT2D eigenvalue weighted by atomic mass is 16.5. The van der Waals surface area contributed by atoms with E-state index in [4.69, 9.17) is 14.2 Å². The zero-order chi connectivity index (χ0) is 18.9. The van der Waals surface area contributed by atoms with Crippen molar-refractivity contribution in [2.75, 3.05) is 27.9 Å². The first kappa shape index (κ1) is 19.8. The van der Waals surface area contributed by atoms with Crippen molar-refractivity contribution in [3.05, 3.63) is 29.8 Å². The number of hydrogen-bond acceptors (Lipinski definition) is 5. The van der Waals surface area contributed by atoms with Crippen LogP contribution in [0.15, 0.2) is 24.3 Å². The molecule has 6 nitrogen and oxygen atoms in total. The van der Waals surface area contributed by atoms with E-state index in [1.807, 2.05) is 12.1 Å². The van der Waals surface area contributed by atoms with Crippen LogP contribution < -0.4 is 14.8 Å². The predicted molar refractivity (Wildman–Crippen MR) is 99.1 cm³/mol. The first-order valence-corrected chi connectivity index (χ1v) is 8.84. The monoisotopic (exact) mass is 361 g/mol. The predicted octanol–water partition coefficient (Wildman–Crippen LogP) is 2.81. The Labute approximate surface area is 154 Å². The number of ether oxygens (including phenoxy) is 3. The molecule has 0 aromatic heterocycles. The Kier molecular flexibility index (Phi) is 7.51. The maximum Gasteiger partial charge on any atom is 0.309 e. The zero-order valence-electron chi connectivity index (χ0n) is 15.6. The van der Waals surface area contributed by atoms with Crippen LogP contribution in [0.4, 0.5) is 0 Å². The van der Waals surface area contributed by atoms with Crippen molar-refractivity contribution in [2.24, 2.45) is 11.8 Å². The van der Waals surface area contributed by atoms with E-state index < -0.39 is 0 Å². The van der Waals surface area contributed by atoms with Gasteiger partial charge in [0.2, 0.25) is 5.91 Å². The summed E-state index contributed by atoms with van der Waals surface area (Å²) in [5, 5.41) is 2.89. The number of rotatable bonds is 7. The van der Waals surface area contributed by atoms with Crippen LogP contribution in [-0.2, 0) is 14.3 Å². The Hall–Kier alpha value is -2.50. The molecular weight excluding hydrogens is 334 g/mol. The van der Waals surface area contributed by atoms with Crippen LogP contribution in [0.5, 0.6) is 11.5 Å². The molecule has 0 aliphatic heterocycles. The number of carbonyl (C=O) groups excluding carboxylic acids is 2. The van der Waals surface area contributed by atoms with Gasteiger partial charge in [-0.15, -0.1) is 0 Å². The molecule has 6 heteroatoms. The molecule has 2 rings (SSSR count). The van der Waals surface area contributed by atoms with Gasteiger partial charge >= 0.3 is 5.97 Å². The molecule has 2 atom stereocenters. The summed E-state index contributed by atoms with van der Waals surface area (Å²) in [7, 11) is 4.57. The Balaban J connectivity index is 1.93. The molecule has 0 radical (unpaired) electrons. The summed E-state index contributed by atoms with van der Waals surface area (Å²) in [5.41, 5.74) is 0.786. The molecular formula is C20H27NO5. The summed E-state index contributed by atoms with van der Waals surface area (Å²) in [6.45, 7) is 0.475. The highest BCUT2D eigenvalue weighted by Crippen LogP contribution is 2.30. The van der Waals surface area contributed by atoms with Crippen LogP contribution in [0.1, 0.15) is 31.2 Å². The summed E-state index contributed by atoms with van der Waals surface area (Å²) in [6.07, 6.45) is 7.03. The third-order valence-corrected chi connectivity index (χ3v) is 4.81. The number of hydrogen-bond donors (Lipinski definition) is 1. The maximum atomic E-state index is 12.1. The summed E-state index contributed by atoms with van der Waals surface area (Å²) in [4.78, 5) is 24.0. The van der Waals surface area contributed by atoms with E-state index in [0.29, 0.717) is 18.0 Å². The minimum absolute atomic E-state index is 0.125. The first-order chi connectivity index (χ1) is 12.6. The van der Waals surface area contributed by atoms with E-state index >= 15 is 0 Å². The molecule has 0 spiro atoms. The van der Waals surface area contributed by atoms with Gasteiger partial charge in [-0.2, -0.15) is 0 Å². The fourth-order valence-electron chi connectivity index (χ4n) is 3.33. The van der Waals surface area contributed by atoms with E-state index in [9.17, 15) is 9.59 Å². The van der Waals surface area contributed by atoms with E-state index in [1.54, 1.807) is 26.4 Å². The van der Waals surface area contributed by atoms with Crippen molar-refractivity contribution in [3.63, 3.8) is 0 Å². The Morgan fingerprint density at radius 1 is 1.15 bits per heavy atom. The fraction of sp³-hybridized carbons (Fsp3) is 0.500. The first-order valence-electron chi connectivity index (χ1n) is 8.84. The topological polar surface area (TPSA) is 73.9 Å². The lowest BCUT2D eigenvalue weighted by molar-refractivity contribution is -0.148. The van der Waals surface area contributed by atoms with Gasteiger partial charge in [-0.3, -0.25) is 9.59 Å². The van der Waals surface area contributed by atoms with Gasteiger partial charge in [-0.1, -0.05) is 12.8 Å². The lowest BCUT2D eigenvalue weighted by atomic mass is 9.79. The van der Waals surface area contributed by atoms with Gasteiger partial charge in [0.25, 0.3) is 0 Å². The number of nitrogens with one attached hydrogen (secondary N) is 1. The minimum Gasteiger partial charge on any atom is -0.497 e. The number of amides is 1. The highest BCUT2D eigenvalue weighted by Gasteiger charge is 2.31. The number of benzene rings is 1. The second kappa shape index (κ2) is 9.85. The van der Waals surface area contributed by atoms with Crippen molar-refractivity contribution in [3.8, 4) is 11.5 Å². The standard InChI is InChI=1S/C20H27NO5/c1-24-16-10-8-14(18(12-16)25-2)9-11-19(22)21-13-15-6-4-5-7-17(15)20(23)26-3/h8-12,15,17H,4-7,13H2,1-3H3,(H,21,22)/b11-9+. The summed E-state index contributed by atoms with van der Waals surface area (Å²) >= 11 is 0. The van der Waals surface area contributed by atoms with Crippen molar-refractivity contribution in [1.29, 1.82) is 0 Å². The number of methoxy groups -OCH3 is 3. The molecule has 1 N–H and O–H groups in total. The Bertz CT molecular complexity index is 656. The second-order valence-electron chi connectivity index (χ2n) is 6.36. The molecule has 1 amide bonds. The second-order valence-corrected chi connectivity index (χ2v) is 6.36. The minimum atomic E-state index is -0.197. The van der Waals surface area contributed by atoms with Crippen LogP contribution in [-0.4, -0.2) is 39.8 Å². The maximum absolute atomic E-state index is 12.1. The van der Waals surface area contributed by atoms with Crippen LogP contribution in [0.3, 0.4) is 0 Å². The molecule has 1 aliphatic rings. The lowest BCUT2D eigenvalue weighted by Gasteiger charge is -2.29. The molecule has 0 heterocycles. The van der Waals surface area contributed by atoms with Gasteiger partial charge in [0, 0.05) is 24.3 Å². The molecule has 1 aliphatic carbocycles. The largest absolute Gasteiger partial charge is 0.497 e. The number of carbonyl (C=O) groups is 2. The van der Waals surface area contributed by atoms with Gasteiger partial charge < -0.3 is 19.5 Å². The van der Waals surface area contributed by atoms with Gasteiger partial charge in [0.1, 0.15) is 11.5 Å². The summed E-state index contributed by atoms with van der Waals surface area (Å²) < 4.78 is 15.4. The molecule has 26 heavy (non-hydrogen) atoms. The smallest absolute Gasteiger partial charge is 0.309 e. The van der Waals surface area contributed by atoms with Crippen molar-refractivity contribution in [2.45, 2.75) is 25.7 Å². The molecule has 1 saturated carbocycles. The summed E-state index contributed by atoms with van der Waals surface area (Å²) in [5.74, 6) is 0.948. The van der Waals surface area contributed by atoms with Crippen molar-refractivity contribution >= 4 is 18.0 Å².